The van der Waals surface area contributed by atoms with Crippen LogP contribution in [-0.2, 0) is 4.43 Å². The molecule has 0 N–H and O–H groups in total. The summed E-state index contributed by atoms with van der Waals surface area (Å²) in [6, 6.07) is 16.9. The van der Waals surface area contributed by atoms with Crippen LogP contribution in [0.3, 0.4) is 0 Å². The Kier molecular flexibility index (Phi) is 7.85. The third kappa shape index (κ3) is 6.38. The second kappa shape index (κ2) is 10.9. The number of rotatable bonds is 9. The van der Waals surface area contributed by atoms with Crippen LogP contribution in [0.1, 0.15) is 37.5 Å². The molecular formula is C30H35N3O4Si. The van der Waals surface area contributed by atoms with Crippen molar-refractivity contribution in [1.29, 1.82) is 0 Å². The van der Waals surface area contributed by atoms with Gasteiger partial charge in [0.05, 0.1) is 23.3 Å². The number of imidazole rings is 1. The van der Waals surface area contributed by atoms with Crippen molar-refractivity contribution in [3.05, 3.63) is 93.8 Å². The van der Waals surface area contributed by atoms with Gasteiger partial charge in [-0.2, -0.15) is 0 Å². The van der Waals surface area contributed by atoms with Crippen LogP contribution in [0.15, 0.2) is 67.0 Å². The van der Waals surface area contributed by atoms with E-state index in [0.29, 0.717) is 19.0 Å². The first kappa shape index (κ1) is 27.3. The van der Waals surface area contributed by atoms with E-state index in [9.17, 15) is 10.1 Å². The average Bonchev–Trinajstić information content (AvgIpc) is 3.28. The molecule has 8 heteroatoms. The van der Waals surface area contributed by atoms with Crippen molar-refractivity contribution in [2.45, 2.75) is 45.8 Å². The number of fused-ring (bicyclic) bond motifs is 1. The third-order valence-corrected chi connectivity index (χ3v) is 11.6. The van der Waals surface area contributed by atoms with E-state index in [1.54, 1.807) is 6.07 Å². The Labute approximate surface area is 225 Å². The highest BCUT2D eigenvalue weighted by atomic mass is 28.4. The van der Waals surface area contributed by atoms with Crippen molar-refractivity contribution in [1.82, 2.24) is 9.38 Å². The highest BCUT2D eigenvalue weighted by Gasteiger charge is 2.36. The Morgan fingerprint density at radius 3 is 2.42 bits per heavy atom. The van der Waals surface area contributed by atoms with Crippen LogP contribution in [0.2, 0.25) is 18.1 Å². The normalized spacial score (nSPS) is 12.4. The fourth-order valence-corrected chi connectivity index (χ4v) is 4.78. The summed E-state index contributed by atoms with van der Waals surface area (Å²) < 4.78 is 14.2. The van der Waals surface area contributed by atoms with E-state index in [0.717, 1.165) is 28.0 Å². The SMILES string of the molecule is Cc1ccc2nc(-c3ccc(C=Cc4ccc([N+](=O)[O-])cc4OCCO[Si](C)(C)C(C)(C)C)cc3)cn2c1. The van der Waals surface area contributed by atoms with Crippen molar-refractivity contribution in [3.63, 3.8) is 0 Å². The predicted octanol–water partition coefficient (Wildman–Crippen LogP) is 7.79. The van der Waals surface area contributed by atoms with Crippen molar-refractivity contribution in [2.24, 2.45) is 0 Å². The number of nitro benzene ring substituents is 1. The molecule has 0 bridgehead atoms. The van der Waals surface area contributed by atoms with E-state index in [1.165, 1.54) is 17.7 Å². The highest BCUT2D eigenvalue weighted by molar-refractivity contribution is 6.74. The average molecular weight is 530 g/mol. The summed E-state index contributed by atoms with van der Waals surface area (Å²) in [5, 5.41) is 11.4. The number of aryl methyl sites for hydroxylation is 1. The van der Waals surface area contributed by atoms with E-state index < -0.39 is 13.2 Å². The largest absolute Gasteiger partial charge is 0.490 e. The summed E-state index contributed by atoms with van der Waals surface area (Å²) in [4.78, 5) is 15.6. The number of nitro groups is 1. The van der Waals surface area contributed by atoms with Crippen LogP contribution in [0.25, 0.3) is 29.1 Å². The fraction of sp³-hybridized carbons (Fsp3) is 0.300. The lowest BCUT2D eigenvalue weighted by atomic mass is 10.1. The summed E-state index contributed by atoms with van der Waals surface area (Å²) in [5.41, 5.74) is 5.80. The molecule has 0 spiro atoms. The first-order valence-electron chi connectivity index (χ1n) is 12.7. The fourth-order valence-electron chi connectivity index (χ4n) is 3.76. The molecule has 0 saturated heterocycles. The molecule has 2 aromatic carbocycles. The molecule has 2 heterocycles. The molecule has 0 atom stereocenters. The minimum Gasteiger partial charge on any atom is -0.490 e. The van der Waals surface area contributed by atoms with E-state index in [1.807, 2.05) is 53.1 Å². The Morgan fingerprint density at radius 2 is 1.74 bits per heavy atom. The van der Waals surface area contributed by atoms with Gasteiger partial charge in [0.25, 0.3) is 5.69 Å². The van der Waals surface area contributed by atoms with Gasteiger partial charge in [-0.15, -0.1) is 0 Å². The molecule has 0 saturated carbocycles. The monoisotopic (exact) mass is 529 g/mol. The Bertz CT molecular complexity index is 1470. The van der Waals surface area contributed by atoms with Crippen molar-refractivity contribution in [2.75, 3.05) is 13.2 Å². The Balaban J connectivity index is 1.47. The minimum absolute atomic E-state index is 0.00512. The summed E-state index contributed by atoms with van der Waals surface area (Å²) in [5.74, 6) is 0.464. The summed E-state index contributed by atoms with van der Waals surface area (Å²) in [7, 11) is -1.89. The smallest absolute Gasteiger partial charge is 0.273 e. The van der Waals surface area contributed by atoms with Gasteiger partial charge in [0.2, 0.25) is 0 Å². The van der Waals surface area contributed by atoms with Crippen LogP contribution in [0, 0.1) is 17.0 Å². The number of pyridine rings is 1. The topological polar surface area (TPSA) is 78.9 Å². The molecule has 4 aromatic rings. The molecule has 7 nitrogen and oxygen atoms in total. The lowest BCUT2D eigenvalue weighted by molar-refractivity contribution is -0.384. The number of ether oxygens (including phenoxy) is 1. The molecule has 0 aliphatic carbocycles. The van der Waals surface area contributed by atoms with Gasteiger partial charge in [0.1, 0.15) is 18.0 Å². The van der Waals surface area contributed by atoms with Crippen LogP contribution < -0.4 is 4.74 Å². The molecule has 0 amide bonds. The molecule has 0 fully saturated rings. The van der Waals surface area contributed by atoms with Gasteiger partial charge in [-0.1, -0.05) is 63.3 Å². The standard InChI is InChI=1S/C30H35N3O4Si/c1-22-7-16-29-31-27(21-32(29)20-22)24-11-8-23(9-12-24)10-13-25-14-15-26(33(34)35)19-28(25)36-17-18-37-38(5,6)30(2,3)4/h7-16,19-21H,17-18H2,1-6H3. The van der Waals surface area contributed by atoms with Crippen LogP contribution in [0.5, 0.6) is 5.75 Å². The summed E-state index contributed by atoms with van der Waals surface area (Å²) >= 11 is 0. The molecule has 198 valence electrons. The van der Waals surface area contributed by atoms with Crippen LogP contribution in [0.4, 0.5) is 5.69 Å². The zero-order valence-corrected chi connectivity index (χ0v) is 23.9. The van der Waals surface area contributed by atoms with Crippen molar-refractivity contribution >= 4 is 31.8 Å². The first-order valence-corrected chi connectivity index (χ1v) is 15.6. The minimum atomic E-state index is -1.89. The summed E-state index contributed by atoms with van der Waals surface area (Å²) in [6.45, 7) is 13.8. The van der Waals surface area contributed by atoms with Crippen molar-refractivity contribution < 1.29 is 14.1 Å². The third-order valence-electron chi connectivity index (χ3n) is 7.08. The second-order valence-corrected chi connectivity index (χ2v) is 15.8. The molecule has 2 aromatic heterocycles. The molecule has 4 rings (SSSR count). The number of hydrogen-bond donors (Lipinski definition) is 0. The molecule has 38 heavy (non-hydrogen) atoms. The van der Waals surface area contributed by atoms with Crippen LogP contribution in [-0.4, -0.2) is 35.8 Å². The number of non-ortho nitro benzene ring substituents is 1. The highest BCUT2D eigenvalue weighted by Crippen LogP contribution is 2.36. The van der Waals surface area contributed by atoms with Gasteiger partial charge in [0, 0.05) is 29.6 Å². The maximum absolute atomic E-state index is 11.3. The van der Waals surface area contributed by atoms with Crippen LogP contribution >= 0.6 is 0 Å². The van der Waals surface area contributed by atoms with E-state index in [4.69, 9.17) is 14.1 Å². The van der Waals surface area contributed by atoms with Gasteiger partial charge in [0.15, 0.2) is 8.32 Å². The van der Waals surface area contributed by atoms with E-state index >= 15 is 0 Å². The zero-order valence-electron chi connectivity index (χ0n) is 22.9. The lowest BCUT2D eigenvalue weighted by Gasteiger charge is -2.36. The molecular weight excluding hydrogens is 494 g/mol. The second-order valence-electron chi connectivity index (χ2n) is 11.0. The quantitative estimate of drug-likeness (QED) is 0.0727. The van der Waals surface area contributed by atoms with Gasteiger partial charge < -0.3 is 13.6 Å². The van der Waals surface area contributed by atoms with Gasteiger partial charge in [-0.05, 0) is 48.3 Å². The summed E-state index contributed by atoms with van der Waals surface area (Å²) in [6.07, 6.45) is 7.97. The van der Waals surface area contributed by atoms with Gasteiger partial charge in [-0.25, -0.2) is 4.98 Å². The Hall–Kier alpha value is -3.75. The first-order chi connectivity index (χ1) is 17.9. The van der Waals surface area contributed by atoms with Crippen molar-refractivity contribution in [3.8, 4) is 17.0 Å². The number of nitrogens with zero attached hydrogens (tertiary/aromatic N) is 3. The lowest BCUT2D eigenvalue weighted by Crippen LogP contribution is -2.41. The maximum atomic E-state index is 11.3. The number of aromatic nitrogens is 2. The number of benzene rings is 2. The van der Waals surface area contributed by atoms with Gasteiger partial charge >= 0.3 is 0 Å². The zero-order chi connectivity index (χ0) is 27.5. The predicted molar refractivity (Wildman–Crippen MR) is 156 cm³/mol. The van der Waals surface area contributed by atoms with E-state index in [-0.39, 0.29) is 10.7 Å². The van der Waals surface area contributed by atoms with Gasteiger partial charge in [-0.3, -0.25) is 10.1 Å². The molecule has 0 unspecified atom stereocenters. The Morgan fingerprint density at radius 1 is 1.00 bits per heavy atom. The molecule has 0 radical (unpaired) electrons. The molecule has 0 aliphatic heterocycles. The molecule has 0 aliphatic rings. The van der Waals surface area contributed by atoms with E-state index in [2.05, 4.69) is 53.1 Å². The number of hydrogen-bond acceptors (Lipinski definition) is 5. The maximum Gasteiger partial charge on any atom is 0.273 e.